The van der Waals surface area contributed by atoms with E-state index < -0.39 is 37.4 Å². The van der Waals surface area contributed by atoms with Crippen LogP contribution in [0.2, 0.25) is 0 Å². The van der Waals surface area contributed by atoms with Gasteiger partial charge in [-0.2, -0.15) is 0 Å². The number of carbonyl (C=O) groups excluding carboxylic acids is 2. The normalized spacial score (nSPS) is 13.5. The molecule has 0 bridgehead atoms. The van der Waals surface area contributed by atoms with Crippen LogP contribution in [0.5, 0.6) is 0 Å². The molecule has 1 aromatic carbocycles. The number of likely N-dealkylation sites (N-methyl/N-ethyl adjacent to an activating group) is 1. The molecule has 0 aliphatic heterocycles. The molecule has 17 heteroatoms. The maximum absolute atomic E-state index is 12.7. The largest absolute Gasteiger partial charge is 0.472 e. The molecule has 2 aromatic rings. The quantitative estimate of drug-likeness (QED) is 0.0132. The zero-order valence-corrected chi connectivity index (χ0v) is 34.3. The molecule has 312 valence electrons. The molecule has 1 heterocycles. The van der Waals surface area contributed by atoms with Gasteiger partial charge >= 0.3 is 25.4 Å². The number of hydrogen-bond donors (Lipinski definition) is 2. The molecule has 0 saturated heterocycles. The van der Waals surface area contributed by atoms with Gasteiger partial charge in [0, 0.05) is 25.5 Å². The van der Waals surface area contributed by atoms with Crippen molar-refractivity contribution in [3.05, 3.63) is 34.4 Å². The van der Waals surface area contributed by atoms with E-state index in [-0.39, 0.29) is 42.8 Å². The molecular weight excluding hydrogens is 733 g/mol. The lowest BCUT2D eigenvalue weighted by Crippen LogP contribution is -2.37. The third-order valence-corrected chi connectivity index (χ3v) is 9.76. The minimum Gasteiger partial charge on any atom is -0.462 e. The van der Waals surface area contributed by atoms with Gasteiger partial charge in [-0.05, 0) is 61.3 Å². The van der Waals surface area contributed by atoms with Crippen LogP contribution in [0.3, 0.4) is 0 Å². The summed E-state index contributed by atoms with van der Waals surface area (Å²) in [7, 11) is 1.29. The number of ether oxygens (including phenoxy) is 2. The number of non-ortho nitro benzene ring substituents is 1. The lowest BCUT2D eigenvalue weighted by molar-refractivity contribution is -0.870. The second-order valence-electron chi connectivity index (χ2n) is 14.8. The number of quaternary nitrogens is 1. The van der Waals surface area contributed by atoms with Crippen molar-refractivity contribution in [1.29, 1.82) is 0 Å². The first kappa shape index (κ1) is 47.7. The number of benzene rings is 1. The van der Waals surface area contributed by atoms with Crippen molar-refractivity contribution in [2.75, 3.05) is 59.4 Å². The number of carbonyl (C=O) groups is 2. The Morgan fingerprint density at radius 3 is 2.13 bits per heavy atom. The van der Waals surface area contributed by atoms with Crippen molar-refractivity contribution in [3.8, 4) is 0 Å². The van der Waals surface area contributed by atoms with Crippen molar-refractivity contribution < 1.29 is 51.6 Å². The van der Waals surface area contributed by atoms with Crippen LogP contribution in [0.4, 0.5) is 11.4 Å². The molecule has 2 N–H and O–H groups in total. The summed E-state index contributed by atoms with van der Waals surface area (Å²) in [5.74, 6) is -1.01. The highest BCUT2D eigenvalue weighted by molar-refractivity contribution is 7.47. The molecule has 1 aromatic heterocycles. The van der Waals surface area contributed by atoms with Gasteiger partial charge in [-0.15, -0.1) is 0 Å². The molecular formula is C38H65N5O11P+. The smallest absolute Gasteiger partial charge is 0.462 e. The van der Waals surface area contributed by atoms with E-state index in [0.29, 0.717) is 48.9 Å². The number of phosphoric acid groups is 1. The Labute approximate surface area is 326 Å². The van der Waals surface area contributed by atoms with E-state index in [4.69, 9.17) is 18.5 Å². The summed E-state index contributed by atoms with van der Waals surface area (Å²) in [6.45, 7) is 2.36. The van der Waals surface area contributed by atoms with Crippen LogP contribution in [-0.4, -0.2) is 96.7 Å². The molecule has 0 fully saturated rings. The number of nitrogens with one attached hydrogen (secondary N) is 1. The first-order chi connectivity index (χ1) is 26.3. The summed E-state index contributed by atoms with van der Waals surface area (Å²) in [5, 5.41) is 21.7. The number of rotatable bonds is 33. The predicted octanol–water partition coefficient (Wildman–Crippen LogP) is 8.44. The number of fused-ring (bicyclic) bond motifs is 1. The molecule has 0 aliphatic rings. The summed E-state index contributed by atoms with van der Waals surface area (Å²) >= 11 is 0. The van der Waals surface area contributed by atoms with Crippen molar-refractivity contribution in [2.45, 2.75) is 129 Å². The number of hydrogen-bond acceptors (Lipinski definition) is 13. The van der Waals surface area contributed by atoms with E-state index in [1.54, 1.807) is 0 Å². The van der Waals surface area contributed by atoms with Gasteiger partial charge in [0.2, 0.25) is 5.52 Å². The van der Waals surface area contributed by atoms with Crippen LogP contribution in [0.1, 0.15) is 122 Å². The molecule has 0 aliphatic carbocycles. The van der Waals surface area contributed by atoms with Crippen LogP contribution in [0, 0.1) is 10.1 Å². The molecule has 2 atom stereocenters. The fourth-order valence-electron chi connectivity index (χ4n) is 5.54. The highest BCUT2D eigenvalue weighted by Crippen LogP contribution is 2.43. The maximum Gasteiger partial charge on any atom is 0.472 e. The van der Waals surface area contributed by atoms with Crippen LogP contribution in [0.15, 0.2) is 28.9 Å². The first-order valence-electron chi connectivity index (χ1n) is 19.9. The summed E-state index contributed by atoms with van der Waals surface area (Å²) in [4.78, 5) is 46.0. The Kier molecular flexibility index (Phi) is 23.6. The highest BCUT2D eigenvalue weighted by Gasteiger charge is 2.27. The highest BCUT2D eigenvalue weighted by atomic mass is 31.2. The molecule has 0 saturated carbocycles. The lowest BCUT2D eigenvalue weighted by Gasteiger charge is -2.24. The van der Waals surface area contributed by atoms with Crippen molar-refractivity contribution in [1.82, 2.24) is 10.3 Å². The number of anilines is 1. The van der Waals surface area contributed by atoms with Crippen LogP contribution in [0.25, 0.3) is 11.0 Å². The Morgan fingerprint density at radius 1 is 0.873 bits per heavy atom. The van der Waals surface area contributed by atoms with E-state index in [9.17, 15) is 29.2 Å². The van der Waals surface area contributed by atoms with Crippen molar-refractivity contribution in [3.63, 3.8) is 0 Å². The van der Waals surface area contributed by atoms with E-state index in [2.05, 4.69) is 39.3 Å². The zero-order chi connectivity index (χ0) is 40.4. The number of nitrogens with zero attached hydrogens (tertiary/aromatic N) is 4. The van der Waals surface area contributed by atoms with E-state index in [1.165, 1.54) is 50.7 Å². The van der Waals surface area contributed by atoms with Gasteiger partial charge in [0.15, 0.2) is 11.6 Å². The number of allylic oxidation sites excluding steroid dienone is 2. The monoisotopic (exact) mass is 798 g/mol. The third kappa shape index (κ3) is 22.7. The lowest BCUT2D eigenvalue weighted by atomic mass is 10.1. The van der Waals surface area contributed by atoms with Gasteiger partial charge in [-0.25, -0.2) is 9.19 Å². The average Bonchev–Trinajstić information content (AvgIpc) is 3.62. The second-order valence-corrected chi connectivity index (χ2v) is 16.3. The summed E-state index contributed by atoms with van der Waals surface area (Å²) in [6, 6.07) is 2.87. The fraction of sp³-hybridized carbons (Fsp3) is 0.737. The first-order valence-corrected chi connectivity index (χ1v) is 21.4. The number of nitro benzene ring substituents is 1. The third-order valence-electron chi connectivity index (χ3n) is 8.78. The van der Waals surface area contributed by atoms with Crippen LogP contribution in [-0.2, 0) is 32.7 Å². The minimum absolute atomic E-state index is 0.0217. The zero-order valence-electron chi connectivity index (χ0n) is 33.4. The Balaban J connectivity index is 1.70. The molecule has 2 rings (SSSR count). The molecule has 55 heavy (non-hydrogen) atoms. The van der Waals surface area contributed by atoms with Gasteiger partial charge in [0.1, 0.15) is 19.8 Å². The molecule has 1 unspecified atom stereocenters. The Hall–Kier alpha value is -3.43. The summed E-state index contributed by atoms with van der Waals surface area (Å²) in [6.07, 6.45) is 20.5. The fourth-order valence-corrected chi connectivity index (χ4v) is 6.28. The number of unbranched alkanes of at least 4 members (excludes halogenated alkanes) is 13. The SMILES string of the molecule is CCCCCCCC/C=C\CCCCCCCC(=O)OC[C@H](COP(=O)(O)OCC[N+](C)(C)C)OC(=O)CCCCCNc1ccc([N+](=O)[O-])c2nonc12. The van der Waals surface area contributed by atoms with Gasteiger partial charge in [0.05, 0.1) is 38.4 Å². The van der Waals surface area contributed by atoms with Crippen LogP contribution < -0.4 is 5.32 Å². The average molecular weight is 799 g/mol. The second kappa shape index (κ2) is 27.2. The van der Waals surface area contributed by atoms with E-state index in [0.717, 1.165) is 38.5 Å². The van der Waals surface area contributed by atoms with Gasteiger partial charge in [-0.3, -0.25) is 28.8 Å². The standard InChI is InChI=1S/C38H64N5O11P/c1-5-6-7-8-9-10-11-12-13-14-15-16-17-18-20-23-35(44)50-30-32(31-52-55(48,49)51-29-28-43(2,3)4)53-36(45)24-21-19-22-27-39-33-25-26-34(42(46)47)38-37(33)40-54-41-38/h12-13,25-26,32H,5-11,14-24,27-31H2,1-4H3,(H-,39,41,48,49)/p+1/b13-12-/t32-/m1/s1. The Bertz CT molecular complexity index is 1480. The summed E-state index contributed by atoms with van der Waals surface area (Å²) in [5.41, 5.74) is 0.647. The number of esters is 2. The van der Waals surface area contributed by atoms with Gasteiger partial charge in [-0.1, -0.05) is 76.9 Å². The minimum atomic E-state index is -4.45. The van der Waals surface area contributed by atoms with Crippen molar-refractivity contribution >= 4 is 42.2 Å². The number of phosphoric ester groups is 1. The molecule has 16 nitrogen and oxygen atoms in total. The Morgan fingerprint density at radius 2 is 1.47 bits per heavy atom. The van der Waals surface area contributed by atoms with E-state index >= 15 is 0 Å². The van der Waals surface area contributed by atoms with Crippen molar-refractivity contribution in [2.24, 2.45) is 0 Å². The van der Waals surface area contributed by atoms with Crippen LogP contribution >= 0.6 is 7.82 Å². The topological polar surface area (TPSA) is 202 Å². The van der Waals surface area contributed by atoms with Gasteiger partial charge < -0.3 is 24.2 Å². The summed E-state index contributed by atoms with van der Waals surface area (Å²) < 4.78 is 38.7. The van der Waals surface area contributed by atoms with E-state index in [1.807, 2.05) is 21.1 Å². The molecule has 0 radical (unpaired) electrons. The number of nitro groups is 1. The molecule has 0 amide bonds. The molecule has 0 spiro atoms. The number of aromatic nitrogens is 2. The van der Waals surface area contributed by atoms with Gasteiger partial charge in [0.25, 0.3) is 0 Å². The maximum atomic E-state index is 12.7. The predicted molar refractivity (Wildman–Crippen MR) is 210 cm³/mol.